The predicted octanol–water partition coefficient (Wildman–Crippen LogP) is 2.50. The van der Waals surface area contributed by atoms with Crippen LogP contribution in [-0.2, 0) is 4.74 Å². The fourth-order valence-corrected chi connectivity index (χ4v) is 2.31. The lowest BCUT2D eigenvalue weighted by molar-refractivity contribution is 0.138. The van der Waals surface area contributed by atoms with Crippen LogP contribution in [0.3, 0.4) is 0 Å². The van der Waals surface area contributed by atoms with Crippen LogP contribution in [0.5, 0.6) is 0 Å². The van der Waals surface area contributed by atoms with Gasteiger partial charge in [-0.2, -0.15) is 0 Å². The topological polar surface area (TPSA) is 38.5 Å². The molecule has 0 rings (SSSR count). The average Bonchev–Trinajstić information content (AvgIpc) is 2.27. The van der Waals surface area contributed by atoms with Crippen molar-refractivity contribution in [3.63, 3.8) is 0 Å². The Morgan fingerprint density at radius 3 is 2.12 bits per heavy atom. The summed E-state index contributed by atoms with van der Waals surface area (Å²) in [4.78, 5) is 2.56. The first-order chi connectivity index (χ1) is 8.04. The van der Waals surface area contributed by atoms with Crippen LogP contribution in [0.1, 0.15) is 47.0 Å². The Hall–Kier alpha value is -0.120. The van der Waals surface area contributed by atoms with Crippen molar-refractivity contribution in [2.45, 2.75) is 59.0 Å². The van der Waals surface area contributed by atoms with Gasteiger partial charge in [0.05, 0.1) is 0 Å². The van der Waals surface area contributed by atoms with Gasteiger partial charge in [-0.1, -0.05) is 27.7 Å². The van der Waals surface area contributed by atoms with Gasteiger partial charge in [0, 0.05) is 38.9 Å². The second-order valence-electron chi connectivity index (χ2n) is 5.36. The van der Waals surface area contributed by atoms with Crippen LogP contribution in [-0.4, -0.2) is 43.8 Å². The van der Waals surface area contributed by atoms with Crippen LogP contribution in [0.4, 0.5) is 0 Å². The summed E-state index contributed by atoms with van der Waals surface area (Å²) >= 11 is 0. The maximum atomic E-state index is 6.16. The van der Waals surface area contributed by atoms with Crippen LogP contribution in [0.2, 0.25) is 0 Å². The van der Waals surface area contributed by atoms with Crippen LogP contribution in [0.15, 0.2) is 0 Å². The molecule has 0 heterocycles. The Morgan fingerprint density at radius 2 is 1.71 bits per heavy atom. The van der Waals surface area contributed by atoms with E-state index in [2.05, 4.69) is 32.6 Å². The maximum absolute atomic E-state index is 6.16. The molecule has 0 aromatic rings. The molecule has 0 amide bonds. The van der Waals surface area contributed by atoms with Gasteiger partial charge in [-0.15, -0.1) is 0 Å². The smallest absolute Gasteiger partial charge is 0.0477 e. The summed E-state index contributed by atoms with van der Waals surface area (Å²) in [5, 5.41) is 0. The zero-order valence-corrected chi connectivity index (χ0v) is 12.4. The van der Waals surface area contributed by atoms with Crippen LogP contribution < -0.4 is 5.73 Å². The molecule has 3 nitrogen and oxygen atoms in total. The van der Waals surface area contributed by atoms with Gasteiger partial charge in [0.2, 0.25) is 0 Å². The normalized spacial score (nSPS) is 13.9. The second kappa shape index (κ2) is 9.86. The Balaban J connectivity index is 4.25. The van der Waals surface area contributed by atoms with Crippen molar-refractivity contribution < 1.29 is 4.74 Å². The van der Waals surface area contributed by atoms with Gasteiger partial charge in [0.1, 0.15) is 0 Å². The summed E-state index contributed by atoms with van der Waals surface area (Å²) in [6.07, 6.45) is 3.37. The molecule has 0 aliphatic rings. The molecule has 1 atom stereocenters. The van der Waals surface area contributed by atoms with E-state index in [0.29, 0.717) is 12.0 Å². The summed E-state index contributed by atoms with van der Waals surface area (Å²) < 4.78 is 5.09. The molecule has 0 aliphatic carbocycles. The number of methoxy groups -OCH3 is 1. The van der Waals surface area contributed by atoms with E-state index >= 15 is 0 Å². The highest BCUT2D eigenvalue weighted by atomic mass is 16.5. The van der Waals surface area contributed by atoms with Crippen molar-refractivity contribution in [1.82, 2.24) is 4.90 Å². The standard InChI is InChI=1S/C14H32N2O/c1-6-14(7-2)16(10-12(3)4)11-13(15)8-9-17-5/h12-14H,6-11,15H2,1-5H3. The fraction of sp³-hybridized carbons (Fsp3) is 1.00. The third-order valence-electron chi connectivity index (χ3n) is 3.22. The van der Waals surface area contributed by atoms with Gasteiger partial charge >= 0.3 is 0 Å². The van der Waals surface area contributed by atoms with Gasteiger partial charge in [-0.05, 0) is 25.2 Å². The van der Waals surface area contributed by atoms with E-state index < -0.39 is 0 Å². The van der Waals surface area contributed by atoms with Gasteiger partial charge in [-0.25, -0.2) is 0 Å². The molecule has 0 spiro atoms. The molecule has 0 bridgehead atoms. The van der Waals surface area contributed by atoms with Crippen molar-refractivity contribution in [2.75, 3.05) is 26.8 Å². The Labute approximate surface area is 108 Å². The highest BCUT2D eigenvalue weighted by molar-refractivity contribution is 4.75. The first kappa shape index (κ1) is 16.9. The molecule has 1 unspecified atom stereocenters. The Bertz CT molecular complexity index is 170. The van der Waals surface area contributed by atoms with Crippen molar-refractivity contribution in [1.29, 1.82) is 0 Å². The summed E-state index contributed by atoms with van der Waals surface area (Å²) in [5.41, 5.74) is 6.16. The molecule has 17 heavy (non-hydrogen) atoms. The molecule has 0 aromatic heterocycles. The molecule has 0 aromatic carbocycles. The largest absolute Gasteiger partial charge is 0.385 e. The zero-order chi connectivity index (χ0) is 13.3. The average molecular weight is 244 g/mol. The predicted molar refractivity (Wildman–Crippen MR) is 75.2 cm³/mol. The second-order valence-corrected chi connectivity index (χ2v) is 5.36. The third kappa shape index (κ3) is 7.74. The van der Waals surface area contributed by atoms with Crippen molar-refractivity contribution in [3.05, 3.63) is 0 Å². The SMILES string of the molecule is CCC(CC)N(CC(C)C)CC(N)CCOC. The summed E-state index contributed by atoms with van der Waals surface area (Å²) in [6, 6.07) is 0.903. The number of ether oxygens (including phenoxy) is 1. The number of hydrogen-bond acceptors (Lipinski definition) is 3. The highest BCUT2D eigenvalue weighted by Gasteiger charge is 2.18. The molecule has 0 radical (unpaired) electrons. The van der Waals surface area contributed by atoms with E-state index in [9.17, 15) is 0 Å². The molecular formula is C14H32N2O. The van der Waals surface area contributed by atoms with Gasteiger partial charge < -0.3 is 10.5 Å². The maximum Gasteiger partial charge on any atom is 0.0477 e. The van der Waals surface area contributed by atoms with Crippen molar-refractivity contribution >= 4 is 0 Å². The Kier molecular flexibility index (Phi) is 9.79. The minimum absolute atomic E-state index is 0.231. The van der Waals surface area contributed by atoms with E-state index in [1.54, 1.807) is 7.11 Å². The van der Waals surface area contributed by atoms with E-state index in [0.717, 1.165) is 26.1 Å². The molecule has 0 aliphatic heterocycles. The monoisotopic (exact) mass is 244 g/mol. The van der Waals surface area contributed by atoms with Gasteiger partial charge in [-0.3, -0.25) is 4.90 Å². The Morgan fingerprint density at radius 1 is 1.12 bits per heavy atom. The minimum atomic E-state index is 0.231. The quantitative estimate of drug-likeness (QED) is 0.642. The molecule has 3 heteroatoms. The van der Waals surface area contributed by atoms with Crippen LogP contribution >= 0.6 is 0 Å². The highest BCUT2D eigenvalue weighted by Crippen LogP contribution is 2.12. The van der Waals surface area contributed by atoms with Crippen LogP contribution in [0, 0.1) is 5.92 Å². The number of nitrogens with two attached hydrogens (primary N) is 1. The van der Waals surface area contributed by atoms with Crippen molar-refractivity contribution in [2.24, 2.45) is 11.7 Å². The fourth-order valence-electron chi connectivity index (χ4n) is 2.31. The van der Waals surface area contributed by atoms with E-state index in [-0.39, 0.29) is 6.04 Å². The van der Waals surface area contributed by atoms with Crippen molar-refractivity contribution in [3.8, 4) is 0 Å². The number of nitrogens with zero attached hydrogens (tertiary/aromatic N) is 1. The first-order valence-electron chi connectivity index (χ1n) is 7.03. The van der Waals surface area contributed by atoms with E-state index in [1.165, 1.54) is 12.8 Å². The third-order valence-corrected chi connectivity index (χ3v) is 3.22. The zero-order valence-electron chi connectivity index (χ0n) is 12.4. The van der Waals surface area contributed by atoms with Gasteiger partial charge in [0.25, 0.3) is 0 Å². The summed E-state index contributed by atoms with van der Waals surface area (Å²) in [7, 11) is 1.74. The molecule has 0 saturated heterocycles. The molecular weight excluding hydrogens is 212 g/mol. The lowest BCUT2D eigenvalue weighted by Gasteiger charge is -2.33. The molecule has 0 saturated carbocycles. The van der Waals surface area contributed by atoms with E-state index in [1.807, 2.05) is 0 Å². The summed E-state index contributed by atoms with van der Waals surface area (Å²) in [5.74, 6) is 0.699. The molecule has 104 valence electrons. The number of hydrogen-bond donors (Lipinski definition) is 1. The number of rotatable bonds is 10. The minimum Gasteiger partial charge on any atom is -0.385 e. The molecule has 2 N–H and O–H groups in total. The first-order valence-corrected chi connectivity index (χ1v) is 7.03. The summed E-state index contributed by atoms with van der Waals surface area (Å²) in [6.45, 7) is 12.0. The molecule has 0 fully saturated rings. The van der Waals surface area contributed by atoms with E-state index in [4.69, 9.17) is 10.5 Å². The lowest BCUT2D eigenvalue weighted by atomic mass is 10.1. The lowest BCUT2D eigenvalue weighted by Crippen LogP contribution is -2.45. The van der Waals surface area contributed by atoms with Crippen LogP contribution in [0.25, 0.3) is 0 Å². The van der Waals surface area contributed by atoms with Gasteiger partial charge in [0.15, 0.2) is 0 Å².